The monoisotopic (exact) mass is 300 g/mol. The number of halogens is 1. The third-order valence-corrected chi connectivity index (χ3v) is 4.74. The smallest absolute Gasteiger partial charge is 0.132 e. The van der Waals surface area contributed by atoms with Crippen LogP contribution in [0.1, 0.15) is 24.0 Å². The minimum atomic E-state index is 0.609. The molecule has 0 saturated carbocycles. The van der Waals surface area contributed by atoms with Crippen molar-refractivity contribution in [3.05, 3.63) is 58.9 Å². The number of hydrogen-bond donors (Lipinski definition) is 0. The van der Waals surface area contributed by atoms with Crippen molar-refractivity contribution in [1.82, 2.24) is 4.98 Å². The highest BCUT2D eigenvalue weighted by molar-refractivity contribution is 6.30. The van der Waals surface area contributed by atoms with Gasteiger partial charge in [0.1, 0.15) is 5.15 Å². The van der Waals surface area contributed by atoms with Crippen LogP contribution in [0.15, 0.2) is 42.6 Å². The van der Waals surface area contributed by atoms with E-state index in [1.54, 1.807) is 0 Å². The quantitative estimate of drug-likeness (QED) is 0.776. The zero-order chi connectivity index (χ0) is 14.7. The van der Waals surface area contributed by atoms with Crippen LogP contribution >= 0.6 is 11.6 Å². The van der Waals surface area contributed by atoms with Gasteiger partial charge in [0.05, 0.1) is 11.9 Å². The Morgan fingerprint density at radius 1 is 1.19 bits per heavy atom. The molecule has 2 aromatic rings. The molecule has 1 aliphatic heterocycles. The molecule has 1 aliphatic rings. The number of piperidine rings is 1. The van der Waals surface area contributed by atoms with Crippen LogP contribution in [0.25, 0.3) is 0 Å². The van der Waals surface area contributed by atoms with Gasteiger partial charge in [0.15, 0.2) is 0 Å². The highest BCUT2D eigenvalue weighted by Crippen LogP contribution is 2.27. The number of hydrogen-bond acceptors (Lipinski definition) is 2. The lowest BCUT2D eigenvalue weighted by atomic mass is 9.90. The maximum Gasteiger partial charge on any atom is 0.132 e. The Bertz CT molecular complexity index is 589. The van der Waals surface area contributed by atoms with Crippen molar-refractivity contribution in [2.45, 2.75) is 26.2 Å². The summed E-state index contributed by atoms with van der Waals surface area (Å²) < 4.78 is 0. The summed E-state index contributed by atoms with van der Waals surface area (Å²) in [5.41, 5.74) is 3.72. The summed E-state index contributed by atoms with van der Waals surface area (Å²) in [4.78, 5) is 6.69. The fourth-order valence-electron chi connectivity index (χ4n) is 3.06. The first-order valence-corrected chi connectivity index (χ1v) is 8.01. The Hall–Kier alpha value is -1.54. The van der Waals surface area contributed by atoms with Crippen molar-refractivity contribution in [2.24, 2.45) is 5.92 Å². The highest BCUT2D eigenvalue weighted by atomic mass is 35.5. The van der Waals surface area contributed by atoms with Crippen LogP contribution in [-0.4, -0.2) is 18.1 Å². The molecule has 0 N–H and O–H groups in total. The van der Waals surface area contributed by atoms with Crippen LogP contribution in [0.2, 0.25) is 5.15 Å². The zero-order valence-corrected chi connectivity index (χ0v) is 13.2. The molecule has 0 amide bonds. The second-order valence-electron chi connectivity index (χ2n) is 5.92. The van der Waals surface area contributed by atoms with Crippen molar-refractivity contribution in [3.8, 4) is 0 Å². The van der Waals surface area contributed by atoms with Gasteiger partial charge in [-0.25, -0.2) is 4.98 Å². The van der Waals surface area contributed by atoms with Crippen molar-refractivity contribution in [1.29, 1.82) is 0 Å². The molecule has 2 nitrogen and oxygen atoms in total. The lowest BCUT2D eigenvalue weighted by Gasteiger charge is -2.33. The summed E-state index contributed by atoms with van der Waals surface area (Å²) in [6.07, 6.45) is 5.59. The number of benzene rings is 1. The molecule has 1 saturated heterocycles. The summed E-state index contributed by atoms with van der Waals surface area (Å²) in [5.74, 6) is 0.796. The molecule has 0 aliphatic carbocycles. The van der Waals surface area contributed by atoms with Crippen LogP contribution < -0.4 is 4.90 Å². The first-order valence-electron chi connectivity index (χ1n) is 7.63. The van der Waals surface area contributed by atoms with Crippen molar-refractivity contribution >= 4 is 17.3 Å². The minimum absolute atomic E-state index is 0.609. The number of rotatable bonds is 3. The van der Waals surface area contributed by atoms with Crippen LogP contribution in [0, 0.1) is 12.8 Å². The molecular weight excluding hydrogens is 280 g/mol. The normalized spacial score (nSPS) is 16.2. The van der Waals surface area contributed by atoms with E-state index in [2.05, 4.69) is 46.3 Å². The zero-order valence-electron chi connectivity index (χ0n) is 12.4. The number of aryl methyl sites for hydroxylation is 1. The average molecular weight is 301 g/mol. The second-order valence-corrected chi connectivity index (χ2v) is 6.28. The molecule has 21 heavy (non-hydrogen) atoms. The van der Waals surface area contributed by atoms with Gasteiger partial charge >= 0.3 is 0 Å². The Labute approximate surface area is 131 Å². The molecule has 0 radical (unpaired) electrons. The van der Waals surface area contributed by atoms with E-state index >= 15 is 0 Å². The van der Waals surface area contributed by atoms with E-state index in [1.807, 2.05) is 13.1 Å². The van der Waals surface area contributed by atoms with Crippen LogP contribution in [0.4, 0.5) is 5.69 Å². The molecule has 0 bridgehead atoms. The fourth-order valence-corrected chi connectivity index (χ4v) is 3.16. The van der Waals surface area contributed by atoms with E-state index in [4.69, 9.17) is 11.6 Å². The summed E-state index contributed by atoms with van der Waals surface area (Å²) in [6.45, 7) is 4.24. The van der Waals surface area contributed by atoms with Gasteiger partial charge in [0.2, 0.25) is 0 Å². The van der Waals surface area contributed by atoms with Gasteiger partial charge in [0.25, 0.3) is 0 Å². The van der Waals surface area contributed by atoms with Crippen molar-refractivity contribution in [2.75, 3.05) is 18.0 Å². The minimum Gasteiger partial charge on any atom is -0.370 e. The predicted molar refractivity (Wildman–Crippen MR) is 89.1 cm³/mol. The maximum absolute atomic E-state index is 6.00. The van der Waals surface area contributed by atoms with E-state index in [-0.39, 0.29) is 0 Å². The molecule has 0 unspecified atom stereocenters. The van der Waals surface area contributed by atoms with E-state index in [1.165, 1.54) is 30.5 Å². The third kappa shape index (κ3) is 3.56. The molecular formula is C18H21ClN2. The van der Waals surface area contributed by atoms with Gasteiger partial charge in [-0.15, -0.1) is 0 Å². The van der Waals surface area contributed by atoms with Gasteiger partial charge in [-0.05, 0) is 49.3 Å². The van der Waals surface area contributed by atoms with E-state index < -0.39 is 0 Å². The van der Waals surface area contributed by atoms with Gasteiger partial charge in [-0.3, -0.25) is 0 Å². The lowest BCUT2D eigenvalue weighted by molar-refractivity contribution is 0.403. The van der Waals surface area contributed by atoms with Gasteiger partial charge < -0.3 is 4.90 Å². The highest BCUT2D eigenvalue weighted by Gasteiger charge is 2.20. The molecule has 1 aromatic heterocycles. The fraction of sp³-hybridized carbons (Fsp3) is 0.389. The first kappa shape index (κ1) is 14.4. The Morgan fingerprint density at radius 3 is 2.57 bits per heavy atom. The summed E-state index contributed by atoms with van der Waals surface area (Å²) in [6, 6.07) is 13.0. The third-order valence-electron chi connectivity index (χ3n) is 4.35. The molecule has 2 heterocycles. The molecule has 0 atom stereocenters. The van der Waals surface area contributed by atoms with E-state index in [0.717, 1.165) is 24.6 Å². The predicted octanol–water partition coefficient (Wildman–Crippen LogP) is 4.50. The summed E-state index contributed by atoms with van der Waals surface area (Å²) in [5, 5.41) is 0.609. The first-order chi connectivity index (χ1) is 10.2. The molecule has 3 rings (SSSR count). The van der Waals surface area contributed by atoms with Gasteiger partial charge in [0, 0.05) is 13.1 Å². The van der Waals surface area contributed by atoms with E-state index in [0.29, 0.717) is 5.15 Å². The van der Waals surface area contributed by atoms with Crippen LogP contribution in [-0.2, 0) is 6.42 Å². The standard InChI is InChI=1S/C18H21ClN2/c1-14-11-17(13-20-18(14)19)21-9-7-16(8-10-21)12-15-5-3-2-4-6-15/h2-6,11,13,16H,7-10,12H2,1H3. The number of pyridine rings is 1. The number of anilines is 1. The maximum atomic E-state index is 6.00. The van der Waals surface area contributed by atoms with Gasteiger partial charge in [-0.2, -0.15) is 0 Å². The van der Waals surface area contributed by atoms with Gasteiger partial charge in [-0.1, -0.05) is 41.9 Å². The summed E-state index contributed by atoms with van der Waals surface area (Å²) in [7, 11) is 0. The molecule has 0 spiro atoms. The Kier molecular flexibility index (Phi) is 4.45. The SMILES string of the molecule is Cc1cc(N2CCC(Cc3ccccc3)CC2)cnc1Cl. The molecule has 1 fully saturated rings. The Morgan fingerprint density at radius 2 is 1.90 bits per heavy atom. The topological polar surface area (TPSA) is 16.1 Å². The number of aromatic nitrogens is 1. The van der Waals surface area contributed by atoms with Crippen LogP contribution in [0.5, 0.6) is 0 Å². The van der Waals surface area contributed by atoms with Crippen molar-refractivity contribution < 1.29 is 0 Å². The van der Waals surface area contributed by atoms with Crippen LogP contribution in [0.3, 0.4) is 0 Å². The lowest BCUT2D eigenvalue weighted by Crippen LogP contribution is -2.34. The average Bonchev–Trinajstić information content (AvgIpc) is 2.52. The number of nitrogens with zero attached hydrogens (tertiary/aromatic N) is 2. The van der Waals surface area contributed by atoms with E-state index in [9.17, 15) is 0 Å². The molecule has 3 heteroatoms. The Balaban J connectivity index is 1.58. The second kappa shape index (κ2) is 6.48. The summed E-state index contributed by atoms with van der Waals surface area (Å²) >= 11 is 6.00. The molecule has 1 aromatic carbocycles. The van der Waals surface area contributed by atoms with Crippen molar-refractivity contribution in [3.63, 3.8) is 0 Å². The molecule has 110 valence electrons. The largest absolute Gasteiger partial charge is 0.370 e.